The van der Waals surface area contributed by atoms with Crippen LogP contribution in [0.25, 0.3) is 0 Å². The van der Waals surface area contributed by atoms with Gasteiger partial charge in [-0.3, -0.25) is 9.59 Å². The third-order valence-corrected chi connectivity index (χ3v) is 5.59. The van der Waals surface area contributed by atoms with Crippen LogP contribution in [0.5, 0.6) is 0 Å². The molecule has 0 spiro atoms. The Kier molecular flexibility index (Phi) is 12.2. The molecule has 1 aromatic rings. The number of unbranched alkanes of at least 4 members (excludes halogenated alkanes) is 3. The minimum Gasteiger partial charge on any atom is -0.444 e. The van der Waals surface area contributed by atoms with Crippen LogP contribution in [0.2, 0.25) is 0 Å². The number of carbonyl (C=O) groups excluding carboxylic acids is 3. The molecule has 7 heteroatoms. The summed E-state index contributed by atoms with van der Waals surface area (Å²) in [4.78, 5) is 42.0. The lowest BCUT2D eigenvalue weighted by molar-refractivity contribution is -0.144. The molecule has 7 nitrogen and oxygen atoms in total. The molecule has 0 heterocycles. The van der Waals surface area contributed by atoms with E-state index < -0.39 is 29.3 Å². The highest BCUT2D eigenvalue weighted by Crippen LogP contribution is 2.26. The number of amides is 3. The van der Waals surface area contributed by atoms with Gasteiger partial charge in [0.15, 0.2) is 0 Å². The maximum Gasteiger partial charge on any atom is 0.408 e. The molecule has 3 amide bonds. The average molecular weight is 514 g/mol. The lowest BCUT2D eigenvalue weighted by atomic mass is 9.97. The summed E-state index contributed by atoms with van der Waals surface area (Å²) < 4.78 is 5.43. The quantitative estimate of drug-likeness (QED) is 0.299. The number of carbonyl (C=O) groups is 3. The van der Waals surface area contributed by atoms with Crippen LogP contribution in [0.1, 0.15) is 105 Å². The van der Waals surface area contributed by atoms with E-state index in [1.807, 2.05) is 34.6 Å². The smallest absolute Gasteiger partial charge is 0.408 e. The van der Waals surface area contributed by atoms with Crippen molar-refractivity contribution in [2.45, 2.75) is 111 Å². The van der Waals surface area contributed by atoms with Crippen molar-refractivity contribution in [3.8, 4) is 12.3 Å². The Morgan fingerprint density at radius 2 is 1.59 bits per heavy atom. The van der Waals surface area contributed by atoms with E-state index in [1.165, 1.54) is 0 Å². The molecule has 0 radical (unpaired) electrons. The maximum absolute atomic E-state index is 14.1. The Morgan fingerprint density at radius 3 is 2.05 bits per heavy atom. The molecule has 0 aliphatic rings. The highest BCUT2D eigenvalue weighted by Gasteiger charge is 2.38. The van der Waals surface area contributed by atoms with Gasteiger partial charge in [-0.25, -0.2) is 4.79 Å². The number of benzene rings is 1. The van der Waals surface area contributed by atoms with Gasteiger partial charge in [0.25, 0.3) is 0 Å². The van der Waals surface area contributed by atoms with Gasteiger partial charge in [0.1, 0.15) is 17.7 Å². The minimum absolute atomic E-state index is 0.228. The molecule has 0 aliphatic carbocycles. The number of ether oxygens (including phenoxy) is 1. The second-order valence-electron chi connectivity index (χ2n) is 11.9. The normalized spacial score (nSPS) is 13.3. The summed E-state index contributed by atoms with van der Waals surface area (Å²) >= 11 is 0. The Hall–Kier alpha value is -3.01. The Morgan fingerprint density at radius 1 is 1.00 bits per heavy atom. The molecule has 0 saturated carbocycles. The number of terminal acetylenes is 1. The summed E-state index contributed by atoms with van der Waals surface area (Å²) in [5.74, 6) is 1.75. The molecule has 1 rings (SSSR count). The fraction of sp³-hybridized carbons (Fsp3) is 0.633. The van der Waals surface area contributed by atoms with E-state index in [0.717, 1.165) is 25.7 Å². The van der Waals surface area contributed by atoms with Gasteiger partial charge >= 0.3 is 6.09 Å². The van der Waals surface area contributed by atoms with Crippen LogP contribution in [0.3, 0.4) is 0 Å². The van der Waals surface area contributed by atoms with Gasteiger partial charge in [0.05, 0.1) is 0 Å². The highest BCUT2D eigenvalue weighted by atomic mass is 16.6. The third-order valence-electron chi connectivity index (χ3n) is 5.59. The molecule has 206 valence electrons. The number of rotatable bonds is 11. The summed E-state index contributed by atoms with van der Waals surface area (Å²) in [6, 6.07) is 5.37. The zero-order chi connectivity index (χ0) is 28.4. The van der Waals surface area contributed by atoms with E-state index in [1.54, 1.807) is 49.9 Å². The van der Waals surface area contributed by atoms with Gasteiger partial charge in [-0.05, 0) is 71.6 Å². The van der Waals surface area contributed by atoms with Gasteiger partial charge < -0.3 is 20.3 Å². The van der Waals surface area contributed by atoms with Crippen LogP contribution in [0.15, 0.2) is 24.3 Å². The molecule has 1 aromatic carbocycles. The van der Waals surface area contributed by atoms with E-state index in [2.05, 4.69) is 23.5 Å². The molecule has 0 aromatic heterocycles. The molecule has 2 N–H and O–H groups in total. The Balaban J connectivity index is 3.52. The van der Waals surface area contributed by atoms with Crippen LogP contribution in [-0.4, -0.2) is 46.5 Å². The first-order valence-electron chi connectivity index (χ1n) is 13.3. The average Bonchev–Trinajstić information content (AvgIpc) is 2.76. The molecule has 0 bridgehead atoms. The van der Waals surface area contributed by atoms with E-state index in [0.29, 0.717) is 17.7 Å². The first-order valence-corrected chi connectivity index (χ1v) is 13.3. The van der Waals surface area contributed by atoms with Crippen LogP contribution >= 0.6 is 0 Å². The van der Waals surface area contributed by atoms with Crippen LogP contribution in [0.4, 0.5) is 4.79 Å². The van der Waals surface area contributed by atoms with Crippen molar-refractivity contribution in [3.05, 3.63) is 35.4 Å². The summed E-state index contributed by atoms with van der Waals surface area (Å²) in [7, 11) is 0. The van der Waals surface area contributed by atoms with Crippen molar-refractivity contribution < 1.29 is 19.1 Å². The van der Waals surface area contributed by atoms with Gasteiger partial charge in [0, 0.05) is 17.6 Å². The van der Waals surface area contributed by atoms with Gasteiger partial charge in [-0.2, -0.15) is 0 Å². The number of nitrogens with zero attached hydrogens (tertiary/aromatic N) is 1. The van der Waals surface area contributed by atoms with Crippen molar-refractivity contribution in [2.24, 2.45) is 5.92 Å². The lowest BCUT2D eigenvalue weighted by Crippen LogP contribution is -2.56. The van der Waals surface area contributed by atoms with E-state index >= 15 is 0 Å². The summed E-state index contributed by atoms with van der Waals surface area (Å²) in [5.41, 5.74) is 0.134. The molecule has 2 atom stereocenters. The summed E-state index contributed by atoms with van der Waals surface area (Å²) in [6.45, 7) is 17.2. The fourth-order valence-corrected chi connectivity index (χ4v) is 3.87. The number of hydrogen-bond donors (Lipinski definition) is 2. The number of alkyl carbamates (subject to hydrolysis) is 1. The lowest BCUT2D eigenvalue weighted by Gasteiger charge is -2.37. The third kappa shape index (κ3) is 11.3. The number of hydrogen-bond acceptors (Lipinski definition) is 4. The van der Waals surface area contributed by atoms with Crippen molar-refractivity contribution in [1.82, 2.24) is 15.5 Å². The molecular weight excluding hydrogens is 466 g/mol. The number of nitrogens with one attached hydrogen (secondary N) is 2. The van der Waals surface area contributed by atoms with Crippen molar-refractivity contribution in [3.63, 3.8) is 0 Å². The zero-order valence-electron chi connectivity index (χ0n) is 24.2. The van der Waals surface area contributed by atoms with Crippen molar-refractivity contribution in [1.29, 1.82) is 0 Å². The van der Waals surface area contributed by atoms with E-state index in [-0.39, 0.29) is 17.7 Å². The Bertz CT molecular complexity index is 934. The fourth-order valence-electron chi connectivity index (χ4n) is 3.87. The molecule has 0 aliphatic heterocycles. The summed E-state index contributed by atoms with van der Waals surface area (Å²) in [6.07, 6.45) is 8.61. The topological polar surface area (TPSA) is 87.7 Å². The predicted octanol–water partition coefficient (Wildman–Crippen LogP) is 5.58. The standard InChI is InChI=1S/C30H47N3O4/c1-11-13-14-15-20-33(27(35)24(21(3)4)31-28(36)37-30(8,9)10)25(26(34)32-29(5,6)7)23-18-16-22(12-2)17-19-23/h2,16-19,21,24-25H,11,13-15,20H2,1,3-10H3,(H,31,36)(H,32,34). The van der Waals surface area contributed by atoms with Crippen LogP contribution < -0.4 is 10.6 Å². The van der Waals surface area contributed by atoms with Gasteiger partial charge in [-0.1, -0.05) is 58.1 Å². The van der Waals surface area contributed by atoms with Gasteiger partial charge in [0.2, 0.25) is 11.8 Å². The van der Waals surface area contributed by atoms with Gasteiger partial charge in [-0.15, -0.1) is 6.42 Å². The Labute approximate surface area is 224 Å². The summed E-state index contributed by atoms with van der Waals surface area (Å²) in [5, 5.41) is 5.79. The molecule has 0 fully saturated rings. The molecule has 37 heavy (non-hydrogen) atoms. The minimum atomic E-state index is -0.887. The SMILES string of the molecule is C#Cc1ccc(C(C(=O)NC(C)(C)C)N(CCCCCC)C(=O)C(NC(=O)OC(C)(C)C)C(C)C)cc1. The van der Waals surface area contributed by atoms with E-state index in [4.69, 9.17) is 11.2 Å². The predicted molar refractivity (Wildman–Crippen MR) is 149 cm³/mol. The second-order valence-corrected chi connectivity index (χ2v) is 11.9. The molecule has 0 saturated heterocycles. The van der Waals surface area contributed by atoms with E-state index in [9.17, 15) is 14.4 Å². The first kappa shape index (κ1) is 32.0. The van der Waals surface area contributed by atoms with Crippen molar-refractivity contribution in [2.75, 3.05) is 6.54 Å². The largest absolute Gasteiger partial charge is 0.444 e. The molecule has 2 unspecified atom stereocenters. The highest BCUT2D eigenvalue weighted by molar-refractivity contribution is 5.92. The van der Waals surface area contributed by atoms with Crippen molar-refractivity contribution >= 4 is 17.9 Å². The second kappa shape index (κ2) is 14.1. The zero-order valence-corrected chi connectivity index (χ0v) is 24.2. The monoisotopic (exact) mass is 513 g/mol. The first-order chi connectivity index (χ1) is 17.1. The maximum atomic E-state index is 14.1. The van der Waals surface area contributed by atoms with Crippen LogP contribution in [-0.2, 0) is 14.3 Å². The molecular formula is C30H47N3O4. The van der Waals surface area contributed by atoms with Crippen LogP contribution in [0, 0.1) is 18.3 Å².